The van der Waals surface area contributed by atoms with Crippen LogP contribution in [0.1, 0.15) is 36.8 Å². The van der Waals surface area contributed by atoms with Gasteiger partial charge < -0.3 is 10.4 Å². The Labute approximate surface area is 124 Å². The molecule has 1 amide bonds. The van der Waals surface area contributed by atoms with E-state index in [1.54, 1.807) is 0 Å². The van der Waals surface area contributed by atoms with Crippen molar-refractivity contribution < 1.29 is 14.7 Å². The maximum absolute atomic E-state index is 12.3. The maximum Gasteiger partial charge on any atom is 0.308 e. The van der Waals surface area contributed by atoms with Gasteiger partial charge in [-0.3, -0.25) is 9.59 Å². The lowest BCUT2D eigenvalue weighted by molar-refractivity contribution is -0.141. The van der Waals surface area contributed by atoms with Crippen LogP contribution in [-0.4, -0.2) is 23.5 Å². The zero-order valence-electron chi connectivity index (χ0n) is 12.2. The molecule has 0 aromatic heterocycles. The molecule has 3 rings (SSSR count). The summed E-state index contributed by atoms with van der Waals surface area (Å²) in [6.07, 6.45) is 2.65. The van der Waals surface area contributed by atoms with Gasteiger partial charge in [0.2, 0.25) is 5.91 Å². The van der Waals surface area contributed by atoms with E-state index in [1.807, 2.05) is 13.0 Å². The monoisotopic (exact) mass is 287 g/mol. The summed E-state index contributed by atoms with van der Waals surface area (Å²) in [5.74, 6) is -0.454. The number of hydrogen-bond acceptors (Lipinski definition) is 2. The van der Waals surface area contributed by atoms with Crippen molar-refractivity contribution in [3.8, 4) is 0 Å². The highest BCUT2D eigenvalue weighted by atomic mass is 16.4. The van der Waals surface area contributed by atoms with Gasteiger partial charge in [-0.25, -0.2) is 0 Å². The molecule has 0 aliphatic heterocycles. The number of amides is 1. The molecule has 1 aromatic carbocycles. The number of aryl methyl sites for hydroxylation is 1. The Balaban J connectivity index is 1.63. The standard InChI is InChI=1S/C17H21NO3/c1-2-10(17(20)21)9-18-16(19)15-13-8-7-11-5-3-4-6-12(11)14(13)15/h3-6,10,13-15H,2,7-9H2,1H3,(H,18,19)(H,20,21). The lowest BCUT2D eigenvalue weighted by atomic mass is 9.92. The minimum Gasteiger partial charge on any atom is -0.481 e. The molecule has 2 aliphatic rings. The molecule has 4 unspecified atom stereocenters. The fourth-order valence-corrected chi connectivity index (χ4v) is 3.67. The van der Waals surface area contributed by atoms with Crippen LogP contribution < -0.4 is 5.32 Å². The van der Waals surface area contributed by atoms with E-state index in [0.29, 0.717) is 18.3 Å². The summed E-state index contributed by atoms with van der Waals surface area (Å²) >= 11 is 0. The molecule has 1 fully saturated rings. The highest BCUT2D eigenvalue weighted by Crippen LogP contribution is 2.59. The first-order valence-electron chi connectivity index (χ1n) is 7.71. The second kappa shape index (κ2) is 5.51. The number of fused-ring (bicyclic) bond motifs is 3. The minimum atomic E-state index is -0.837. The van der Waals surface area contributed by atoms with Crippen molar-refractivity contribution >= 4 is 11.9 Å². The number of hydrogen-bond donors (Lipinski definition) is 2. The summed E-state index contributed by atoms with van der Waals surface area (Å²) in [4.78, 5) is 23.3. The predicted molar refractivity (Wildman–Crippen MR) is 78.9 cm³/mol. The van der Waals surface area contributed by atoms with Gasteiger partial charge in [0, 0.05) is 12.5 Å². The normalized spacial score (nSPS) is 27.2. The minimum absolute atomic E-state index is 0.0291. The average molecular weight is 287 g/mol. The summed E-state index contributed by atoms with van der Waals surface area (Å²) in [6.45, 7) is 2.07. The second-order valence-electron chi connectivity index (χ2n) is 6.14. The van der Waals surface area contributed by atoms with Gasteiger partial charge in [-0.1, -0.05) is 31.2 Å². The van der Waals surface area contributed by atoms with Gasteiger partial charge in [0.1, 0.15) is 0 Å². The van der Waals surface area contributed by atoms with Crippen LogP contribution in [-0.2, 0) is 16.0 Å². The summed E-state index contributed by atoms with van der Waals surface area (Å²) < 4.78 is 0. The summed E-state index contributed by atoms with van der Waals surface area (Å²) in [6, 6.07) is 8.36. The van der Waals surface area contributed by atoms with Crippen LogP contribution >= 0.6 is 0 Å². The third-order valence-corrected chi connectivity index (χ3v) is 5.00. The number of carbonyl (C=O) groups excluding carboxylic acids is 1. The zero-order valence-corrected chi connectivity index (χ0v) is 12.2. The molecule has 0 spiro atoms. The van der Waals surface area contributed by atoms with Gasteiger partial charge in [-0.05, 0) is 42.2 Å². The van der Waals surface area contributed by atoms with E-state index in [4.69, 9.17) is 5.11 Å². The molecular weight excluding hydrogens is 266 g/mol. The summed E-state index contributed by atoms with van der Waals surface area (Å²) in [5, 5.41) is 11.9. The van der Waals surface area contributed by atoms with Crippen molar-refractivity contribution in [3.63, 3.8) is 0 Å². The Hall–Kier alpha value is -1.84. The van der Waals surface area contributed by atoms with Gasteiger partial charge in [0.05, 0.1) is 5.92 Å². The largest absolute Gasteiger partial charge is 0.481 e. The van der Waals surface area contributed by atoms with E-state index in [1.165, 1.54) is 11.1 Å². The number of benzene rings is 1. The predicted octanol–water partition coefficient (Wildman–Crippen LogP) is 2.19. The summed E-state index contributed by atoms with van der Waals surface area (Å²) in [7, 11) is 0. The number of rotatable bonds is 5. The van der Waals surface area contributed by atoms with E-state index >= 15 is 0 Å². The van der Waals surface area contributed by atoms with Crippen molar-refractivity contribution in [1.82, 2.24) is 5.32 Å². The Morgan fingerprint density at radius 2 is 2.14 bits per heavy atom. The van der Waals surface area contributed by atoms with Crippen LogP contribution in [0.4, 0.5) is 0 Å². The quantitative estimate of drug-likeness (QED) is 0.872. The van der Waals surface area contributed by atoms with Gasteiger partial charge in [0.25, 0.3) is 0 Å². The molecule has 1 aromatic rings. The van der Waals surface area contributed by atoms with Crippen molar-refractivity contribution in [3.05, 3.63) is 35.4 Å². The van der Waals surface area contributed by atoms with E-state index in [2.05, 4.69) is 23.5 Å². The fraction of sp³-hybridized carbons (Fsp3) is 0.529. The molecule has 4 nitrogen and oxygen atoms in total. The van der Waals surface area contributed by atoms with Crippen molar-refractivity contribution in [2.24, 2.45) is 17.8 Å². The van der Waals surface area contributed by atoms with Crippen LogP contribution in [0.15, 0.2) is 24.3 Å². The topological polar surface area (TPSA) is 66.4 Å². The number of nitrogens with one attached hydrogen (secondary N) is 1. The van der Waals surface area contributed by atoms with Crippen LogP contribution in [0, 0.1) is 17.8 Å². The SMILES string of the molecule is CCC(CNC(=O)C1C2CCc3ccccc3C21)C(=O)O. The van der Waals surface area contributed by atoms with Crippen LogP contribution in [0.25, 0.3) is 0 Å². The molecule has 2 aliphatic carbocycles. The van der Waals surface area contributed by atoms with Crippen LogP contribution in [0.2, 0.25) is 0 Å². The van der Waals surface area contributed by atoms with Crippen LogP contribution in [0.5, 0.6) is 0 Å². The van der Waals surface area contributed by atoms with E-state index < -0.39 is 11.9 Å². The molecule has 0 saturated heterocycles. The van der Waals surface area contributed by atoms with Crippen LogP contribution in [0.3, 0.4) is 0 Å². The van der Waals surface area contributed by atoms with Gasteiger partial charge in [0.15, 0.2) is 0 Å². The molecule has 4 heteroatoms. The molecular formula is C17H21NO3. The molecule has 2 N–H and O–H groups in total. The van der Waals surface area contributed by atoms with Gasteiger partial charge in [-0.15, -0.1) is 0 Å². The fourth-order valence-electron chi connectivity index (χ4n) is 3.67. The molecule has 0 bridgehead atoms. The van der Waals surface area contributed by atoms with Gasteiger partial charge >= 0.3 is 5.97 Å². The van der Waals surface area contributed by atoms with E-state index in [9.17, 15) is 9.59 Å². The molecule has 112 valence electrons. The molecule has 4 atom stereocenters. The number of carboxylic acid groups (broad SMARTS) is 1. The van der Waals surface area contributed by atoms with Crippen molar-refractivity contribution in [2.75, 3.05) is 6.54 Å². The van der Waals surface area contributed by atoms with Crippen molar-refractivity contribution in [1.29, 1.82) is 0 Å². The third kappa shape index (κ3) is 2.55. The second-order valence-corrected chi connectivity index (χ2v) is 6.14. The molecule has 1 saturated carbocycles. The van der Waals surface area contributed by atoms with Crippen molar-refractivity contribution in [2.45, 2.75) is 32.1 Å². The Bertz CT molecular complexity index is 569. The Morgan fingerprint density at radius 1 is 1.38 bits per heavy atom. The Kier molecular flexibility index (Phi) is 3.70. The molecule has 0 radical (unpaired) electrons. The Morgan fingerprint density at radius 3 is 2.86 bits per heavy atom. The molecule has 0 heterocycles. The molecule has 21 heavy (non-hydrogen) atoms. The van der Waals surface area contributed by atoms with E-state index in [-0.39, 0.29) is 18.4 Å². The average Bonchev–Trinajstić information content (AvgIpc) is 3.22. The number of aliphatic carboxylic acids is 1. The first-order chi connectivity index (χ1) is 10.1. The third-order valence-electron chi connectivity index (χ3n) is 5.00. The lowest BCUT2D eigenvalue weighted by Gasteiger charge is -2.13. The van der Waals surface area contributed by atoms with E-state index in [0.717, 1.165) is 12.8 Å². The first-order valence-corrected chi connectivity index (χ1v) is 7.71. The number of carboxylic acids is 1. The zero-order chi connectivity index (χ0) is 15.0. The first kappa shape index (κ1) is 14.1. The summed E-state index contributed by atoms with van der Waals surface area (Å²) in [5.41, 5.74) is 2.69. The maximum atomic E-state index is 12.3. The smallest absolute Gasteiger partial charge is 0.308 e. The van der Waals surface area contributed by atoms with Gasteiger partial charge in [-0.2, -0.15) is 0 Å². The lowest BCUT2D eigenvalue weighted by Crippen LogP contribution is -2.34. The highest BCUT2D eigenvalue weighted by molar-refractivity contribution is 5.84. The highest BCUT2D eigenvalue weighted by Gasteiger charge is 2.56. The number of carbonyl (C=O) groups is 2.